The van der Waals surface area contributed by atoms with Gasteiger partial charge in [-0.3, -0.25) is 9.80 Å². The maximum atomic E-state index is 5.46. The number of piperazine rings is 1. The van der Waals surface area contributed by atoms with Crippen LogP contribution in [0.4, 0.5) is 5.69 Å². The molecule has 0 bridgehead atoms. The Morgan fingerprint density at radius 1 is 0.828 bits per heavy atom. The van der Waals surface area contributed by atoms with Crippen LogP contribution in [0.2, 0.25) is 0 Å². The first-order valence-electron chi connectivity index (χ1n) is 10.9. The van der Waals surface area contributed by atoms with Crippen LogP contribution in [0.5, 0.6) is 0 Å². The maximum absolute atomic E-state index is 5.46. The molecule has 2 aromatic rings. The lowest BCUT2D eigenvalue weighted by Crippen LogP contribution is -2.46. The SMILES string of the molecule is Brc1ccc(CCCN2CCOCC2)c(N2CCN(Cc3ccccc3)CC2)c1. The topological polar surface area (TPSA) is 19.0 Å². The first-order chi connectivity index (χ1) is 14.3. The van der Waals surface area contributed by atoms with Gasteiger partial charge in [-0.15, -0.1) is 0 Å². The number of anilines is 1. The molecule has 29 heavy (non-hydrogen) atoms. The molecule has 4 nitrogen and oxygen atoms in total. The van der Waals surface area contributed by atoms with E-state index >= 15 is 0 Å². The molecule has 0 saturated carbocycles. The lowest BCUT2D eigenvalue weighted by Gasteiger charge is -2.37. The fourth-order valence-electron chi connectivity index (χ4n) is 4.35. The molecule has 2 aliphatic heterocycles. The van der Waals surface area contributed by atoms with E-state index in [2.05, 4.69) is 79.2 Å². The van der Waals surface area contributed by atoms with Crippen molar-refractivity contribution in [3.8, 4) is 0 Å². The van der Waals surface area contributed by atoms with Crippen LogP contribution >= 0.6 is 15.9 Å². The van der Waals surface area contributed by atoms with Crippen LogP contribution in [0.1, 0.15) is 17.5 Å². The fourth-order valence-corrected chi connectivity index (χ4v) is 4.70. The number of benzene rings is 2. The van der Waals surface area contributed by atoms with E-state index in [4.69, 9.17) is 4.74 Å². The summed E-state index contributed by atoms with van der Waals surface area (Å²) in [6.07, 6.45) is 2.35. The van der Waals surface area contributed by atoms with Crippen molar-refractivity contribution in [1.29, 1.82) is 0 Å². The number of hydrogen-bond acceptors (Lipinski definition) is 4. The van der Waals surface area contributed by atoms with Crippen LogP contribution in [-0.2, 0) is 17.7 Å². The number of morpholine rings is 1. The highest BCUT2D eigenvalue weighted by atomic mass is 79.9. The zero-order chi connectivity index (χ0) is 19.9. The summed E-state index contributed by atoms with van der Waals surface area (Å²) >= 11 is 3.69. The van der Waals surface area contributed by atoms with E-state index in [9.17, 15) is 0 Å². The third-order valence-corrected chi connectivity index (χ3v) is 6.53. The summed E-state index contributed by atoms with van der Waals surface area (Å²) < 4.78 is 6.64. The normalized spacial score (nSPS) is 18.9. The van der Waals surface area contributed by atoms with Gasteiger partial charge >= 0.3 is 0 Å². The lowest BCUT2D eigenvalue weighted by molar-refractivity contribution is 0.0375. The van der Waals surface area contributed by atoms with Gasteiger partial charge in [0.2, 0.25) is 0 Å². The van der Waals surface area contributed by atoms with Crippen LogP contribution in [0.15, 0.2) is 53.0 Å². The van der Waals surface area contributed by atoms with Crippen molar-refractivity contribution in [1.82, 2.24) is 9.80 Å². The number of ether oxygens (including phenoxy) is 1. The van der Waals surface area contributed by atoms with Gasteiger partial charge in [0, 0.05) is 56.0 Å². The highest BCUT2D eigenvalue weighted by Gasteiger charge is 2.20. The van der Waals surface area contributed by atoms with Crippen molar-refractivity contribution < 1.29 is 4.74 Å². The molecule has 0 aromatic heterocycles. The van der Waals surface area contributed by atoms with Crippen LogP contribution < -0.4 is 4.90 Å². The summed E-state index contributed by atoms with van der Waals surface area (Å²) in [6, 6.07) is 17.6. The minimum absolute atomic E-state index is 0.886. The second-order valence-electron chi connectivity index (χ2n) is 8.08. The number of rotatable bonds is 7. The van der Waals surface area contributed by atoms with Gasteiger partial charge in [0.1, 0.15) is 0 Å². The molecule has 0 amide bonds. The molecule has 4 rings (SSSR count). The van der Waals surface area contributed by atoms with Gasteiger partial charge in [-0.25, -0.2) is 0 Å². The van der Waals surface area contributed by atoms with Crippen molar-refractivity contribution in [2.45, 2.75) is 19.4 Å². The minimum atomic E-state index is 0.886. The van der Waals surface area contributed by atoms with Crippen molar-refractivity contribution in [2.75, 3.05) is 63.9 Å². The molecule has 2 saturated heterocycles. The molecular weight excluding hydrogens is 426 g/mol. The van der Waals surface area contributed by atoms with Gasteiger partial charge < -0.3 is 9.64 Å². The van der Waals surface area contributed by atoms with E-state index < -0.39 is 0 Å². The van der Waals surface area contributed by atoms with E-state index in [1.165, 1.54) is 34.3 Å². The van der Waals surface area contributed by atoms with Gasteiger partial charge in [0.15, 0.2) is 0 Å². The molecule has 2 heterocycles. The van der Waals surface area contributed by atoms with E-state index in [-0.39, 0.29) is 0 Å². The second kappa shape index (κ2) is 10.6. The van der Waals surface area contributed by atoms with Gasteiger partial charge in [-0.2, -0.15) is 0 Å². The fraction of sp³-hybridized carbons (Fsp3) is 0.500. The first kappa shape index (κ1) is 20.9. The predicted molar refractivity (Wildman–Crippen MR) is 124 cm³/mol. The molecule has 0 radical (unpaired) electrons. The molecule has 156 valence electrons. The van der Waals surface area contributed by atoms with E-state index in [0.717, 1.165) is 65.4 Å². The zero-order valence-electron chi connectivity index (χ0n) is 17.2. The second-order valence-corrected chi connectivity index (χ2v) is 9.00. The van der Waals surface area contributed by atoms with E-state index in [1.807, 2.05) is 0 Å². The maximum Gasteiger partial charge on any atom is 0.0594 e. The summed E-state index contributed by atoms with van der Waals surface area (Å²) in [7, 11) is 0. The molecule has 0 atom stereocenters. The van der Waals surface area contributed by atoms with E-state index in [0.29, 0.717) is 0 Å². The first-order valence-corrected chi connectivity index (χ1v) is 11.7. The Morgan fingerprint density at radius 3 is 2.34 bits per heavy atom. The molecule has 2 aromatic carbocycles. The van der Waals surface area contributed by atoms with Crippen molar-refractivity contribution in [3.05, 3.63) is 64.1 Å². The number of nitrogens with zero attached hydrogens (tertiary/aromatic N) is 3. The average molecular weight is 458 g/mol. The minimum Gasteiger partial charge on any atom is -0.379 e. The van der Waals surface area contributed by atoms with Crippen molar-refractivity contribution in [3.63, 3.8) is 0 Å². The molecule has 0 spiro atoms. The smallest absolute Gasteiger partial charge is 0.0594 e. The standard InChI is InChI=1S/C24H32BrN3O/c25-23-9-8-22(7-4-10-26-15-17-29-18-16-26)24(19-23)28-13-11-27(12-14-28)20-21-5-2-1-3-6-21/h1-3,5-6,8-9,19H,4,7,10-18,20H2. The summed E-state index contributed by atoms with van der Waals surface area (Å²) in [6.45, 7) is 10.6. The Bertz CT molecular complexity index is 756. The quantitative estimate of drug-likeness (QED) is 0.624. The van der Waals surface area contributed by atoms with Crippen LogP contribution in [0.3, 0.4) is 0 Å². The Morgan fingerprint density at radius 2 is 1.59 bits per heavy atom. The summed E-state index contributed by atoms with van der Waals surface area (Å²) in [5, 5.41) is 0. The van der Waals surface area contributed by atoms with Crippen LogP contribution in [-0.4, -0.2) is 68.8 Å². The number of halogens is 1. The molecule has 0 N–H and O–H groups in total. The highest BCUT2D eigenvalue weighted by molar-refractivity contribution is 9.10. The Balaban J connectivity index is 1.32. The molecule has 0 unspecified atom stereocenters. The third kappa shape index (κ3) is 6.05. The van der Waals surface area contributed by atoms with Gasteiger partial charge in [0.05, 0.1) is 13.2 Å². The third-order valence-electron chi connectivity index (χ3n) is 6.03. The predicted octanol–water partition coefficient (Wildman–Crippen LogP) is 4.04. The summed E-state index contributed by atoms with van der Waals surface area (Å²) in [5.74, 6) is 0. The number of hydrogen-bond donors (Lipinski definition) is 0. The largest absolute Gasteiger partial charge is 0.379 e. The summed E-state index contributed by atoms with van der Waals surface area (Å²) in [5.41, 5.74) is 4.31. The lowest BCUT2D eigenvalue weighted by atomic mass is 10.1. The Kier molecular flexibility index (Phi) is 7.61. The van der Waals surface area contributed by atoms with Crippen molar-refractivity contribution >= 4 is 21.6 Å². The summed E-state index contributed by atoms with van der Waals surface area (Å²) in [4.78, 5) is 7.68. The highest BCUT2D eigenvalue weighted by Crippen LogP contribution is 2.28. The van der Waals surface area contributed by atoms with Gasteiger partial charge in [0.25, 0.3) is 0 Å². The Hall–Kier alpha value is -1.40. The van der Waals surface area contributed by atoms with Crippen LogP contribution in [0.25, 0.3) is 0 Å². The average Bonchev–Trinajstić information content (AvgIpc) is 2.77. The Labute approximate surface area is 183 Å². The molecule has 5 heteroatoms. The number of aryl methyl sites for hydroxylation is 1. The molecular formula is C24H32BrN3O. The van der Waals surface area contributed by atoms with Gasteiger partial charge in [-0.1, -0.05) is 52.3 Å². The zero-order valence-corrected chi connectivity index (χ0v) is 18.8. The monoisotopic (exact) mass is 457 g/mol. The van der Waals surface area contributed by atoms with E-state index in [1.54, 1.807) is 0 Å². The van der Waals surface area contributed by atoms with Crippen molar-refractivity contribution in [2.24, 2.45) is 0 Å². The van der Waals surface area contributed by atoms with Gasteiger partial charge in [-0.05, 0) is 42.6 Å². The molecule has 2 aliphatic rings. The molecule has 0 aliphatic carbocycles. The molecule has 2 fully saturated rings. The van der Waals surface area contributed by atoms with Crippen LogP contribution in [0, 0.1) is 0 Å².